The highest BCUT2D eigenvalue weighted by molar-refractivity contribution is 6.35. The first-order valence-corrected chi connectivity index (χ1v) is 9.45. The summed E-state index contributed by atoms with van der Waals surface area (Å²) >= 11 is 0. The van der Waals surface area contributed by atoms with Crippen LogP contribution in [-0.2, 0) is 20.9 Å². The highest BCUT2D eigenvalue weighted by Crippen LogP contribution is 2.29. The zero-order valence-corrected chi connectivity index (χ0v) is 15.6. The van der Waals surface area contributed by atoms with Crippen LogP contribution in [0.25, 0.3) is 0 Å². The molecule has 2 aliphatic rings. The molecule has 2 heterocycles. The van der Waals surface area contributed by atoms with Crippen LogP contribution in [0.4, 0.5) is 0 Å². The molecule has 0 aromatic carbocycles. The van der Waals surface area contributed by atoms with Crippen molar-refractivity contribution in [1.29, 1.82) is 0 Å². The molecule has 2 N–H and O–H groups in total. The van der Waals surface area contributed by atoms with Crippen molar-refractivity contribution in [2.45, 2.75) is 44.9 Å². The van der Waals surface area contributed by atoms with Gasteiger partial charge in [-0.3, -0.25) is 9.59 Å². The molecule has 0 unspecified atom stereocenters. The summed E-state index contributed by atoms with van der Waals surface area (Å²) in [6.45, 7) is 3.63. The maximum absolute atomic E-state index is 12.5. The van der Waals surface area contributed by atoms with E-state index < -0.39 is 17.9 Å². The number of hydrogen-bond donors (Lipinski definition) is 2. The molecule has 2 atom stereocenters. The van der Waals surface area contributed by atoms with Crippen molar-refractivity contribution in [2.24, 2.45) is 5.92 Å². The maximum Gasteiger partial charge on any atom is 0.312 e. The number of hydrogen-bond acceptors (Lipinski definition) is 6. The van der Waals surface area contributed by atoms with Gasteiger partial charge in [-0.1, -0.05) is 6.07 Å². The molecule has 1 aliphatic carbocycles. The second kappa shape index (κ2) is 9.14. The lowest BCUT2D eigenvalue weighted by Crippen LogP contribution is -2.54. The number of aliphatic hydroxyl groups excluding tert-OH is 1. The maximum atomic E-state index is 12.5. The number of rotatable bonds is 7. The molecule has 0 bridgehead atoms. The number of carbonyl (C=O) groups excluding carboxylic acids is 2. The molecule has 0 radical (unpaired) electrons. The third kappa shape index (κ3) is 5.90. The van der Waals surface area contributed by atoms with Crippen LogP contribution in [0.1, 0.15) is 31.7 Å². The van der Waals surface area contributed by atoms with E-state index in [1.807, 2.05) is 6.07 Å². The molecule has 27 heavy (non-hydrogen) atoms. The molecule has 3 rings (SSSR count). The average molecular weight is 377 g/mol. The third-order valence-electron chi connectivity index (χ3n) is 4.71. The summed E-state index contributed by atoms with van der Waals surface area (Å²) in [6, 6.07) is 3.30. The zero-order valence-electron chi connectivity index (χ0n) is 15.6. The topological polar surface area (TPSA) is 101 Å². The fourth-order valence-corrected chi connectivity index (χ4v) is 2.99. The number of nitrogens with one attached hydrogen (secondary N) is 1. The molecule has 2 fully saturated rings. The second-order valence-electron chi connectivity index (χ2n) is 7.25. The van der Waals surface area contributed by atoms with Gasteiger partial charge in [0.15, 0.2) is 0 Å². The highest BCUT2D eigenvalue weighted by atomic mass is 16.5. The molecule has 1 saturated heterocycles. The van der Waals surface area contributed by atoms with Crippen LogP contribution in [0, 0.1) is 5.92 Å². The Morgan fingerprint density at radius 3 is 2.93 bits per heavy atom. The van der Waals surface area contributed by atoms with E-state index in [0.29, 0.717) is 44.6 Å². The van der Waals surface area contributed by atoms with Gasteiger partial charge in [0.2, 0.25) is 5.88 Å². The molecule has 148 valence electrons. The van der Waals surface area contributed by atoms with Crippen LogP contribution in [0.5, 0.6) is 5.88 Å². The lowest BCUT2D eigenvalue weighted by atomic mass is 10.1. The van der Waals surface area contributed by atoms with E-state index in [1.54, 1.807) is 19.2 Å². The van der Waals surface area contributed by atoms with Crippen LogP contribution in [0.3, 0.4) is 0 Å². The fourth-order valence-electron chi connectivity index (χ4n) is 2.99. The van der Waals surface area contributed by atoms with Crippen LogP contribution in [0.15, 0.2) is 18.3 Å². The van der Waals surface area contributed by atoms with Crippen molar-refractivity contribution in [3.8, 4) is 5.88 Å². The highest BCUT2D eigenvalue weighted by Gasteiger charge is 2.31. The first-order chi connectivity index (χ1) is 13.0. The molecular weight excluding hydrogens is 350 g/mol. The van der Waals surface area contributed by atoms with Gasteiger partial charge in [-0.2, -0.15) is 0 Å². The summed E-state index contributed by atoms with van der Waals surface area (Å²) in [5.41, 5.74) is 0.789. The Morgan fingerprint density at radius 2 is 2.26 bits per heavy atom. The summed E-state index contributed by atoms with van der Waals surface area (Å²) in [7, 11) is 0. The second-order valence-corrected chi connectivity index (χ2v) is 7.25. The number of nitrogens with zero attached hydrogens (tertiary/aromatic N) is 2. The minimum atomic E-state index is -0.665. The number of pyridine rings is 1. The summed E-state index contributed by atoms with van der Waals surface area (Å²) in [5.74, 6) is -0.0280. The van der Waals surface area contributed by atoms with Crippen molar-refractivity contribution in [2.75, 3.05) is 26.4 Å². The minimum absolute atomic E-state index is 0.214. The van der Waals surface area contributed by atoms with E-state index in [0.717, 1.165) is 5.56 Å². The third-order valence-corrected chi connectivity index (χ3v) is 4.71. The molecule has 1 aromatic heterocycles. The van der Waals surface area contributed by atoms with Gasteiger partial charge in [-0.25, -0.2) is 4.98 Å². The first kappa shape index (κ1) is 19.6. The lowest BCUT2D eigenvalue weighted by Gasteiger charge is -2.35. The molecule has 8 heteroatoms. The average Bonchev–Trinajstić information content (AvgIpc) is 3.49. The van der Waals surface area contributed by atoms with Gasteiger partial charge in [0.1, 0.15) is 0 Å². The van der Waals surface area contributed by atoms with Gasteiger partial charge in [0.05, 0.1) is 32.0 Å². The monoisotopic (exact) mass is 377 g/mol. The van der Waals surface area contributed by atoms with Gasteiger partial charge in [-0.05, 0) is 37.7 Å². The van der Waals surface area contributed by atoms with Gasteiger partial charge in [0, 0.05) is 25.4 Å². The zero-order chi connectivity index (χ0) is 19.2. The van der Waals surface area contributed by atoms with Crippen molar-refractivity contribution in [1.82, 2.24) is 15.2 Å². The Kier molecular flexibility index (Phi) is 6.63. The lowest BCUT2D eigenvalue weighted by molar-refractivity contribution is -0.152. The Bertz CT molecular complexity index is 645. The fraction of sp³-hybridized carbons (Fsp3) is 0.632. The summed E-state index contributed by atoms with van der Waals surface area (Å²) < 4.78 is 10.9. The number of aromatic nitrogens is 1. The van der Waals surface area contributed by atoms with E-state index >= 15 is 0 Å². The Hall–Kier alpha value is -2.19. The number of aliphatic hydroxyl groups is 1. The number of morpholine rings is 1. The van der Waals surface area contributed by atoms with Crippen LogP contribution in [0.2, 0.25) is 0 Å². The normalized spacial score (nSPS) is 20.8. The van der Waals surface area contributed by atoms with E-state index in [9.17, 15) is 14.7 Å². The predicted octanol–water partition coefficient (Wildman–Crippen LogP) is 0.485. The molecule has 8 nitrogen and oxygen atoms in total. The Labute approximate surface area is 158 Å². The Balaban J connectivity index is 1.47. The Morgan fingerprint density at radius 1 is 1.44 bits per heavy atom. The van der Waals surface area contributed by atoms with Gasteiger partial charge < -0.3 is 24.8 Å². The van der Waals surface area contributed by atoms with Crippen LogP contribution >= 0.6 is 0 Å². The minimum Gasteiger partial charge on any atom is -0.477 e. The summed E-state index contributed by atoms with van der Waals surface area (Å²) in [6.07, 6.45) is 3.89. The van der Waals surface area contributed by atoms with Gasteiger partial charge in [-0.15, -0.1) is 0 Å². The van der Waals surface area contributed by atoms with Crippen LogP contribution < -0.4 is 10.1 Å². The molecular formula is C19H27N3O5. The molecule has 1 aliphatic heterocycles. The van der Waals surface area contributed by atoms with Crippen molar-refractivity contribution >= 4 is 11.8 Å². The quantitative estimate of drug-likeness (QED) is 0.671. The van der Waals surface area contributed by atoms with E-state index in [2.05, 4.69) is 10.3 Å². The molecule has 1 aromatic rings. The smallest absolute Gasteiger partial charge is 0.312 e. The van der Waals surface area contributed by atoms with Gasteiger partial charge in [0.25, 0.3) is 0 Å². The van der Waals surface area contributed by atoms with Crippen molar-refractivity contribution in [3.05, 3.63) is 23.9 Å². The molecule has 0 spiro atoms. The van der Waals surface area contributed by atoms with Gasteiger partial charge >= 0.3 is 11.8 Å². The number of amides is 2. The van der Waals surface area contributed by atoms with Crippen LogP contribution in [-0.4, -0.2) is 65.3 Å². The van der Waals surface area contributed by atoms with E-state index in [4.69, 9.17) is 9.47 Å². The van der Waals surface area contributed by atoms with E-state index in [-0.39, 0.29) is 12.6 Å². The van der Waals surface area contributed by atoms with Crippen molar-refractivity contribution < 1.29 is 24.2 Å². The van der Waals surface area contributed by atoms with E-state index in [1.165, 1.54) is 17.7 Å². The first-order valence-electron chi connectivity index (χ1n) is 9.45. The standard InChI is InChI=1S/C19H27N3O5/c1-13(23)8-16-12-26-7-6-22(16)19(25)18(24)21-10-15-4-5-17(20-9-15)27-11-14-2-3-14/h4-5,9,13-14,16,23H,2-3,6-8,10-12H2,1H3,(H,21,24)/t13-,16-/m0/s1. The van der Waals surface area contributed by atoms with Crippen molar-refractivity contribution in [3.63, 3.8) is 0 Å². The molecule has 2 amide bonds. The molecule has 1 saturated carbocycles. The number of carbonyl (C=O) groups is 2. The summed E-state index contributed by atoms with van der Waals surface area (Å²) in [4.78, 5) is 30.4. The predicted molar refractivity (Wildman–Crippen MR) is 96.9 cm³/mol. The number of ether oxygens (including phenoxy) is 2. The largest absolute Gasteiger partial charge is 0.477 e. The summed E-state index contributed by atoms with van der Waals surface area (Å²) in [5, 5.41) is 12.2. The SMILES string of the molecule is C[C@H](O)C[C@H]1COCCN1C(=O)C(=O)NCc1ccc(OCC2CC2)nc1.